The monoisotopic (exact) mass is 420 g/mol. The third-order valence-electron chi connectivity index (χ3n) is 4.62. The molecule has 3 heterocycles. The van der Waals surface area contributed by atoms with E-state index >= 15 is 0 Å². The number of carbonyl (C=O) groups excluding carboxylic acids is 3. The van der Waals surface area contributed by atoms with Crippen LogP contribution < -0.4 is 14.2 Å². The van der Waals surface area contributed by atoms with Gasteiger partial charge in [-0.25, -0.2) is 0 Å². The highest BCUT2D eigenvalue weighted by atomic mass is 32.2. The van der Waals surface area contributed by atoms with Crippen LogP contribution in [-0.4, -0.2) is 73.1 Å². The number of imide groups is 1. The van der Waals surface area contributed by atoms with Crippen LogP contribution in [0.5, 0.6) is 17.2 Å². The Kier molecular flexibility index (Phi) is 5.63. The van der Waals surface area contributed by atoms with E-state index in [-0.39, 0.29) is 24.2 Å². The van der Waals surface area contributed by atoms with Crippen LogP contribution in [0.1, 0.15) is 12.5 Å². The van der Waals surface area contributed by atoms with Crippen molar-refractivity contribution in [2.45, 2.75) is 6.92 Å². The van der Waals surface area contributed by atoms with Gasteiger partial charge in [0, 0.05) is 24.7 Å². The van der Waals surface area contributed by atoms with Gasteiger partial charge in [0.15, 0.2) is 11.5 Å². The summed E-state index contributed by atoms with van der Waals surface area (Å²) in [6, 6.07) is 3.41. The van der Waals surface area contributed by atoms with E-state index in [2.05, 4.69) is 0 Å². The van der Waals surface area contributed by atoms with E-state index in [4.69, 9.17) is 18.9 Å². The summed E-state index contributed by atoms with van der Waals surface area (Å²) >= 11 is 0.801. The van der Waals surface area contributed by atoms with Crippen molar-refractivity contribution in [1.82, 2.24) is 9.80 Å². The molecular weight excluding hydrogens is 400 g/mol. The number of thioether (sulfide) groups is 1. The molecule has 0 radical (unpaired) electrons. The Morgan fingerprint density at radius 2 is 1.93 bits per heavy atom. The van der Waals surface area contributed by atoms with Crippen molar-refractivity contribution >= 4 is 34.9 Å². The lowest BCUT2D eigenvalue weighted by atomic mass is 10.1. The van der Waals surface area contributed by atoms with E-state index in [0.717, 1.165) is 16.7 Å². The molecule has 0 aromatic heterocycles. The summed E-state index contributed by atoms with van der Waals surface area (Å²) in [5.41, 5.74) is 0.598. The fraction of sp³-hybridized carbons (Fsp3) is 0.421. The van der Waals surface area contributed by atoms with Crippen molar-refractivity contribution < 1.29 is 33.3 Å². The Morgan fingerprint density at radius 1 is 1.21 bits per heavy atom. The molecule has 3 aliphatic rings. The first kappa shape index (κ1) is 19.6. The van der Waals surface area contributed by atoms with Gasteiger partial charge in [-0.2, -0.15) is 0 Å². The van der Waals surface area contributed by atoms with Crippen LogP contribution in [0, 0.1) is 0 Å². The van der Waals surface area contributed by atoms with Gasteiger partial charge in [0.25, 0.3) is 11.1 Å². The number of benzene rings is 1. The van der Waals surface area contributed by atoms with Crippen molar-refractivity contribution in [1.29, 1.82) is 0 Å². The van der Waals surface area contributed by atoms with E-state index in [9.17, 15) is 14.4 Å². The Bertz CT molecular complexity index is 880. The summed E-state index contributed by atoms with van der Waals surface area (Å²) in [7, 11) is 0. The van der Waals surface area contributed by atoms with E-state index in [1.165, 1.54) is 0 Å². The number of hydrogen-bond donors (Lipinski definition) is 0. The third-order valence-corrected chi connectivity index (χ3v) is 5.53. The molecule has 3 aliphatic heterocycles. The zero-order chi connectivity index (χ0) is 20.4. The maximum atomic E-state index is 12.8. The average molecular weight is 420 g/mol. The summed E-state index contributed by atoms with van der Waals surface area (Å²) < 4.78 is 21.6. The average Bonchev–Trinajstić information content (AvgIpc) is 3.28. The number of fused-ring (bicyclic) bond motifs is 1. The third kappa shape index (κ3) is 4.03. The summed E-state index contributed by atoms with van der Waals surface area (Å²) in [4.78, 5) is 40.3. The standard InChI is InChI=1S/C19H20N2O7S/c1-2-26-13-9-15-14(27-11-28-15)7-12(13)8-16-18(23)21(19(24)29-16)10-17(22)20-3-5-25-6-4-20/h7-9H,2-6,10-11H2,1H3/b16-8+. The summed E-state index contributed by atoms with van der Waals surface area (Å²) in [6.45, 7) is 3.94. The van der Waals surface area contributed by atoms with Gasteiger partial charge in [0.05, 0.1) is 24.7 Å². The van der Waals surface area contributed by atoms with Crippen LogP contribution in [0.2, 0.25) is 0 Å². The first-order valence-corrected chi connectivity index (χ1v) is 10.1. The Labute approximate surface area is 171 Å². The summed E-state index contributed by atoms with van der Waals surface area (Å²) in [5, 5.41) is -0.471. The van der Waals surface area contributed by atoms with Gasteiger partial charge in [0.2, 0.25) is 12.7 Å². The molecule has 0 aliphatic carbocycles. The zero-order valence-corrected chi connectivity index (χ0v) is 16.7. The summed E-state index contributed by atoms with van der Waals surface area (Å²) in [5.74, 6) is 0.862. The largest absolute Gasteiger partial charge is 0.493 e. The van der Waals surface area contributed by atoms with Gasteiger partial charge < -0.3 is 23.8 Å². The van der Waals surface area contributed by atoms with Gasteiger partial charge in [-0.15, -0.1) is 0 Å². The van der Waals surface area contributed by atoms with E-state index in [1.807, 2.05) is 6.92 Å². The minimum atomic E-state index is -0.498. The maximum Gasteiger partial charge on any atom is 0.294 e. The van der Waals surface area contributed by atoms with Crippen LogP contribution in [0.15, 0.2) is 17.0 Å². The first-order valence-electron chi connectivity index (χ1n) is 9.24. The molecule has 4 rings (SSSR count). The molecule has 29 heavy (non-hydrogen) atoms. The first-order chi connectivity index (χ1) is 14.1. The topological polar surface area (TPSA) is 94.6 Å². The van der Waals surface area contributed by atoms with Crippen molar-refractivity contribution in [3.05, 3.63) is 22.6 Å². The number of ether oxygens (including phenoxy) is 4. The normalized spacial score (nSPS) is 20.0. The maximum absolute atomic E-state index is 12.8. The quantitative estimate of drug-likeness (QED) is 0.665. The predicted octanol–water partition coefficient (Wildman–Crippen LogP) is 1.71. The molecule has 0 spiro atoms. The van der Waals surface area contributed by atoms with Gasteiger partial charge in [0.1, 0.15) is 12.3 Å². The van der Waals surface area contributed by atoms with Gasteiger partial charge in [-0.1, -0.05) is 0 Å². The second kappa shape index (κ2) is 8.34. The molecule has 1 aromatic rings. The van der Waals surface area contributed by atoms with E-state index in [0.29, 0.717) is 55.7 Å². The molecule has 2 fully saturated rings. The number of nitrogens with zero attached hydrogens (tertiary/aromatic N) is 2. The molecule has 0 atom stereocenters. The molecular formula is C19H20N2O7S. The van der Waals surface area contributed by atoms with Crippen LogP contribution in [0.4, 0.5) is 4.79 Å². The van der Waals surface area contributed by atoms with Crippen LogP contribution in [-0.2, 0) is 14.3 Å². The van der Waals surface area contributed by atoms with Crippen molar-refractivity contribution in [3.63, 3.8) is 0 Å². The molecule has 0 unspecified atom stereocenters. The molecule has 0 saturated carbocycles. The molecule has 3 amide bonds. The van der Waals surface area contributed by atoms with Crippen molar-refractivity contribution in [2.24, 2.45) is 0 Å². The Balaban J connectivity index is 1.54. The lowest BCUT2D eigenvalue weighted by Crippen LogP contribution is -2.46. The number of hydrogen-bond acceptors (Lipinski definition) is 8. The molecule has 0 N–H and O–H groups in total. The highest BCUT2D eigenvalue weighted by Crippen LogP contribution is 2.41. The van der Waals surface area contributed by atoms with Crippen LogP contribution in [0.3, 0.4) is 0 Å². The second-order valence-corrected chi connectivity index (χ2v) is 7.43. The van der Waals surface area contributed by atoms with Gasteiger partial charge >= 0.3 is 0 Å². The number of rotatable bonds is 5. The molecule has 9 nitrogen and oxygen atoms in total. The lowest BCUT2D eigenvalue weighted by molar-refractivity contribution is -0.139. The Hall–Kier alpha value is -2.72. The molecule has 1 aromatic carbocycles. The Morgan fingerprint density at radius 3 is 2.66 bits per heavy atom. The second-order valence-electron chi connectivity index (χ2n) is 6.44. The number of morpholine rings is 1. The minimum absolute atomic E-state index is 0.116. The summed E-state index contributed by atoms with van der Waals surface area (Å²) in [6.07, 6.45) is 1.58. The SMILES string of the molecule is CCOc1cc2c(cc1/C=C1/SC(=O)N(CC(=O)N3CCOCC3)C1=O)OCO2. The highest BCUT2D eigenvalue weighted by Gasteiger charge is 2.37. The lowest BCUT2D eigenvalue weighted by Gasteiger charge is -2.28. The van der Waals surface area contributed by atoms with Crippen LogP contribution in [0.25, 0.3) is 6.08 Å². The van der Waals surface area contributed by atoms with E-state index in [1.54, 1.807) is 23.1 Å². The number of amides is 3. The molecule has 154 valence electrons. The molecule has 0 bridgehead atoms. The fourth-order valence-corrected chi connectivity index (χ4v) is 3.99. The minimum Gasteiger partial charge on any atom is -0.493 e. The van der Waals surface area contributed by atoms with Crippen molar-refractivity contribution in [3.8, 4) is 17.2 Å². The van der Waals surface area contributed by atoms with Gasteiger partial charge in [-0.05, 0) is 30.8 Å². The van der Waals surface area contributed by atoms with E-state index < -0.39 is 11.1 Å². The predicted molar refractivity (Wildman–Crippen MR) is 104 cm³/mol. The molecule has 10 heteroatoms. The number of carbonyl (C=O) groups is 3. The fourth-order valence-electron chi connectivity index (χ4n) is 3.16. The van der Waals surface area contributed by atoms with Crippen molar-refractivity contribution in [2.75, 3.05) is 46.2 Å². The zero-order valence-electron chi connectivity index (χ0n) is 15.8. The highest BCUT2D eigenvalue weighted by molar-refractivity contribution is 8.18. The smallest absolute Gasteiger partial charge is 0.294 e. The van der Waals surface area contributed by atoms with Gasteiger partial charge in [-0.3, -0.25) is 19.3 Å². The van der Waals surface area contributed by atoms with Crippen LogP contribution >= 0.6 is 11.8 Å². The molecule has 2 saturated heterocycles.